The van der Waals surface area contributed by atoms with Crippen molar-refractivity contribution in [2.45, 2.75) is 38.4 Å². The number of imidazole rings is 1. The van der Waals surface area contributed by atoms with Gasteiger partial charge in [0, 0.05) is 19.6 Å². The van der Waals surface area contributed by atoms with Gasteiger partial charge in [-0.05, 0) is 56.0 Å². The third kappa shape index (κ3) is 5.72. The van der Waals surface area contributed by atoms with Crippen LogP contribution in [0.15, 0.2) is 72.8 Å². The molecular weight excluding hydrogens is 434 g/mol. The summed E-state index contributed by atoms with van der Waals surface area (Å²) in [6.07, 6.45) is 3.38. The number of benzene rings is 2. The van der Waals surface area contributed by atoms with E-state index in [2.05, 4.69) is 81.0 Å². The molecule has 179 valence electrons. The van der Waals surface area contributed by atoms with Crippen molar-refractivity contribution in [3.05, 3.63) is 102 Å². The van der Waals surface area contributed by atoms with E-state index < -0.39 is 0 Å². The summed E-state index contributed by atoms with van der Waals surface area (Å²) >= 11 is 0. The molecule has 2 aromatic heterocycles. The van der Waals surface area contributed by atoms with Crippen LogP contribution >= 0.6 is 0 Å². The zero-order valence-electron chi connectivity index (χ0n) is 20.2. The van der Waals surface area contributed by atoms with Crippen LogP contribution in [0.1, 0.15) is 47.9 Å². The van der Waals surface area contributed by atoms with Crippen molar-refractivity contribution in [3.8, 4) is 0 Å². The first-order valence-electron chi connectivity index (χ1n) is 12.5. The fourth-order valence-electron chi connectivity index (χ4n) is 4.72. The van der Waals surface area contributed by atoms with Gasteiger partial charge in [-0.15, -0.1) is 5.10 Å². The Balaban J connectivity index is 1.09. The molecule has 2 aromatic carbocycles. The second-order valence-corrected chi connectivity index (χ2v) is 9.19. The van der Waals surface area contributed by atoms with Crippen molar-refractivity contribution in [1.82, 2.24) is 19.5 Å². The normalized spacial score (nSPS) is 15.2. The van der Waals surface area contributed by atoms with E-state index in [0.717, 1.165) is 51.3 Å². The van der Waals surface area contributed by atoms with Gasteiger partial charge >= 0.3 is 0 Å². The monoisotopic (exact) mass is 466 g/mol. The molecule has 1 N–H and O–H groups in total. The Bertz CT molecular complexity index is 1180. The van der Waals surface area contributed by atoms with Gasteiger partial charge in [-0.25, -0.2) is 9.50 Å². The minimum absolute atomic E-state index is 0.0218. The predicted octanol–water partition coefficient (Wildman–Crippen LogP) is 5.05. The first-order chi connectivity index (χ1) is 17.2. The van der Waals surface area contributed by atoms with Crippen molar-refractivity contribution < 1.29 is 4.74 Å². The molecule has 3 heterocycles. The highest BCUT2D eigenvalue weighted by Gasteiger charge is 2.24. The number of rotatable bonds is 9. The second-order valence-electron chi connectivity index (χ2n) is 9.19. The van der Waals surface area contributed by atoms with E-state index in [0.29, 0.717) is 17.0 Å². The minimum Gasteiger partial charge on any atom is -0.369 e. The quantitative estimate of drug-likeness (QED) is 0.350. The number of anilines is 1. The highest BCUT2D eigenvalue weighted by molar-refractivity contribution is 5.47. The van der Waals surface area contributed by atoms with Gasteiger partial charge in [0.15, 0.2) is 5.65 Å². The Kier molecular flexibility index (Phi) is 7.40. The van der Waals surface area contributed by atoms with Gasteiger partial charge in [0.1, 0.15) is 11.9 Å². The van der Waals surface area contributed by atoms with Crippen molar-refractivity contribution >= 4 is 11.5 Å². The standard InChI is InChI=1S/C29H32N5O/c1-22-23(2)34-28(31-22)15-14-27(32-34)30-18-9-19-33-20-16-26(17-21-33)35-29(24-10-5-3-6-11-24)25-12-7-4-8-13-25/h3-8,10-15,26,29H,9,16-21H2,1H3,(H,30,32). The third-order valence-electron chi connectivity index (χ3n) is 6.68. The molecule has 6 nitrogen and oxygen atoms in total. The molecule has 6 heteroatoms. The zero-order chi connectivity index (χ0) is 24.0. The van der Waals surface area contributed by atoms with Crippen LogP contribution in [0.5, 0.6) is 0 Å². The van der Waals surface area contributed by atoms with E-state index in [9.17, 15) is 0 Å². The SMILES string of the molecule is [C]c1c(C)nc2ccc(NCCCN3CCC(OC(c4ccccc4)c4ccccc4)CC3)nn12. The van der Waals surface area contributed by atoms with Crippen LogP contribution in [-0.2, 0) is 4.74 Å². The van der Waals surface area contributed by atoms with E-state index in [1.54, 1.807) is 4.52 Å². The highest BCUT2D eigenvalue weighted by atomic mass is 16.5. The van der Waals surface area contributed by atoms with Gasteiger partial charge in [0.25, 0.3) is 0 Å². The topological polar surface area (TPSA) is 54.7 Å². The molecule has 1 saturated heterocycles. The Hall–Kier alpha value is -3.22. The molecule has 0 unspecified atom stereocenters. The number of aromatic nitrogens is 3. The molecular formula is C29H32N5O. The summed E-state index contributed by atoms with van der Waals surface area (Å²) in [5, 5.41) is 7.88. The molecule has 0 spiro atoms. The van der Waals surface area contributed by atoms with Crippen LogP contribution in [0.4, 0.5) is 5.82 Å². The fraction of sp³-hybridized carbons (Fsp3) is 0.345. The molecule has 1 aliphatic heterocycles. The number of aryl methyl sites for hydroxylation is 1. The molecule has 5 rings (SSSR count). The minimum atomic E-state index is -0.0218. The Morgan fingerprint density at radius 2 is 1.63 bits per heavy atom. The van der Waals surface area contributed by atoms with Crippen LogP contribution in [-0.4, -0.2) is 51.8 Å². The molecule has 0 aliphatic carbocycles. The van der Waals surface area contributed by atoms with Crippen LogP contribution in [0.2, 0.25) is 0 Å². The number of fused-ring (bicyclic) bond motifs is 1. The molecule has 0 amide bonds. The number of hydrogen-bond donors (Lipinski definition) is 1. The summed E-state index contributed by atoms with van der Waals surface area (Å²) in [6, 6.07) is 24.9. The largest absolute Gasteiger partial charge is 0.369 e. The van der Waals surface area contributed by atoms with Crippen LogP contribution < -0.4 is 5.32 Å². The summed E-state index contributed by atoms with van der Waals surface area (Å²) in [5.41, 5.74) is 4.17. The lowest BCUT2D eigenvalue weighted by molar-refractivity contribution is -0.0269. The summed E-state index contributed by atoms with van der Waals surface area (Å²) in [6.45, 7) is 13.9. The van der Waals surface area contributed by atoms with Gasteiger partial charge in [0.05, 0.1) is 24.4 Å². The number of piperidine rings is 1. The first kappa shape index (κ1) is 23.5. The van der Waals surface area contributed by atoms with E-state index >= 15 is 0 Å². The van der Waals surface area contributed by atoms with Crippen molar-refractivity contribution in [2.75, 3.05) is 31.5 Å². The molecule has 3 radical (unpaired) electrons. The van der Waals surface area contributed by atoms with Gasteiger partial charge in [-0.1, -0.05) is 60.7 Å². The lowest BCUT2D eigenvalue weighted by Crippen LogP contribution is -2.38. The zero-order valence-corrected chi connectivity index (χ0v) is 20.2. The Labute approximate surface area is 208 Å². The molecule has 35 heavy (non-hydrogen) atoms. The van der Waals surface area contributed by atoms with E-state index in [4.69, 9.17) is 11.7 Å². The Morgan fingerprint density at radius 3 is 2.29 bits per heavy atom. The average molecular weight is 467 g/mol. The number of hydrogen-bond acceptors (Lipinski definition) is 5. The summed E-state index contributed by atoms with van der Waals surface area (Å²) in [7, 11) is 0. The van der Waals surface area contributed by atoms with Crippen molar-refractivity contribution in [3.63, 3.8) is 0 Å². The maximum Gasteiger partial charge on any atom is 0.154 e. The molecule has 1 fully saturated rings. The number of nitrogens with one attached hydrogen (secondary N) is 1. The first-order valence-corrected chi connectivity index (χ1v) is 12.5. The summed E-state index contributed by atoms with van der Waals surface area (Å²) in [5.74, 6) is 0.781. The van der Waals surface area contributed by atoms with Crippen molar-refractivity contribution in [2.24, 2.45) is 0 Å². The maximum atomic E-state index is 8.06. The molecule has 0 saturated carbocycles. The predicted molar refractivity (Wildman–Crippen MR) is 138 cm³/mol. The van der Waals surface area contributed by atoms with Gasteiger partial charge < -0.3 is 15.0 Å². The van der Waals surface area contributed by atoms with E-state index in [1.165, 1.54) is 11.1 Å². The number of likely N-dealkylation sites (tertiary alicyclic amines) is 1. The lowest BCUT2D eigenvalue weighted by Gasteiger charge is -2.34. The smallest absolute Gasteiger partial charge is 0.154 e. The second kappa shape index (κ2) is 11.0. The molecule has 4 aromatic rings. The Morgan fingerprint density at radius 1 is 0.971 bits per heavy atom. The van der Waals surface area contributed by atoms with E-state index in [-0.39, 0.29) is 12.2 Å². The number of nitrogens with zero attached hydrogens (tertiary/aromatic N) is 4. The van der Waals surface area contributed by atoms with Gasteiger partial charge in [-0.3, -0.25) is 0 Å². The maximum absolute atomic E-state index is 8.06. The lowest BCUT2D eigenvalue weighted by atomic mass is 10.00. The van der Waals surface area contributed by atoms with Crippen LogP contribution in [0.25, 0.3) is 5.65 Å². The van der Waals surface area contributed by atoms with Crippen LogP contribution in [0, 0.1) is 13.8 Å². The van der Waals surface area contributed by atoms with E-state index in [1.807, 2.05) is 19.1 Å². The van der Waals surface area contributed by atoms with Gasteiger partial charge in [-0.2, -0.15) is 0 Å². The average Bonchev–Trinajstić information content (AvgIpc) is 3.19. The molecule has 0 bridgehead atoms. The van der Waals surface area contributed by atoms with Gasteiger partial charge in [0.2, 0.25) is 0 Å². The highest BCUT2D eigenvalue weighted by Crippen LogP contribution is 2.30. The summed E-state index contributed by atoms with van der Waals surface area (Å²) < 4.78 is 8.26. The molecule has 0 atom stereocenters. The third-order valence-corrected chi connectivity index (χ3v) is 6.68. The summed E-state index contributed by atoms with van der Waals surface area (Å²) in [4.78, 5) is 6.87. The van der Waals surface area contributed by atoms with Crippen molar-refractivity contribution in [1.29, 1.82) is 0 Å². The van der Waals surface area contributed by atoms with Crippen LogP contribution in [0.3, 0.4) is 0 Å². The molecule has 1 aliphatic rings. The number of ether oxygens (including phenoxy) is 1. The fourth-order valence-corrected chi connectivity index (χ4v) is 4.72.